The van der Waals surface area contributed by atoms with Gasteiger partial charge in [0.25, 0.3) is 0 Å². The summed E-state index contributed by atoms with van der Waals surface area (Å²) in [5.41, 5.74) is 17.2. The van der Waals surface area contributed by atoms with Crippen molar-refractivity contribution >= 4 is 109 Å². The standard InChI is InChI=1S/C22H24NO2.C20H22NO2.C20H20NO2.C10H9O.C8H6BrO.C3H5.C2H6O.C2H3.CH2Cl2.BF3.BrH.K.5Y.Zn/c1-5-10-21(20-14-13-17(3)15-19(20)6-2)23(4)22(24)25-16-18-11-8-7-9-12-18;2*1-15-11-12-18-17(13-15)9-6-10-19(18)21(2)20(22)23-14-16-7-4-3-5-8-16;1-3-9-6-8(2)4-5-10(9)7-11;1-6-2-3-7(5-10)8(9)4-6;1-3-2;1-2-3;1-2;2-1-3;2-1(3)4;;;;;;;;/h5-9,11-12,14-15,21H,1-2,10,16H2,3-4H3;3-5,7-8,12-13,19H,6,9-10,14H2,1-2H3;3-9,12-13,19H,10,14H2,1-2H3;3,5-7H,1H2,2H3;3-5H,1H3;3H,1-2H2;3H,2H2,1H3;1H,2H2;1H2;;1H;;;;;;;/q6*-1;;-1;;;;+1;;;;;;+2/p-1. The van der Waals surface area contributed by atoms with Crippen molar-refractivity contribution in [1.29, 1.82) is 0 Å². The Hall–Kier alpha value is -1.65. The third kappa shape index (κ3) is 52.6. The van der Waals surface area contributed by atoms with Crippen molar-refractivity contribution in [1.82, 2.24) is 14.7 Å². The monoisotopic (exact) mass is 2180 g/mol. The third-order valence-electron chi connectivity index (χ3n) is 15.4. The molecule has 3 unspecified atom stereocenters. The number of rotatable bonds is 16. The van der Waals surface area contributed by atoms with Gasteiger partial charge in [-0.1, -0.05) is 194 Å². The molecule has 0 aromatic heterocycles. The Morgan fingerprint density at radius 1 is 0.617 bits per heavy atom. The Kier molecular flexibility index (Phi) is 86.2. The normalized spacial score (nSPS) is 11.4. The molecule has 0 spiro atoms. The van der Waals surface area contributed by atoms with Gasteiger partial charge in [-0.3, -0.25) is 19.5 Å². The van der Waals surface area contributed by atoms with Gasteiger partial charge in [0, 0.05) is 209 Å². The zero-order valence-electron chi connectivity index (χ0n) is 67.5. The summed E-state index contributed by atoms with van der Waals surface area (Å²) < 4.78 is 46.2. The molecule has 5 radical (unpaired) electrons. The Morgan fingerprint density at radius 3 is 1.40 bits per heavy atom. The van der Waals surface area contributed by atoms with E-state index >= 15 is 0 Å². The number of benzene rings is 8. The van der Waals surface area contributed by atoms with Gasteiger partial charge in [0.05, 0.1) is 17.9 Å². The fraction of sp³-hybridized carbons (Fsp3) is 0.250. The second-order valence-corrected chi connectivity index (χ2v) is 24.9. The van der Waals surface area contributed by atoms with Crippen LogP contribution in [0.15, 0.2) is 207 Å². The minimum absolute atomic E-state index is 0. The van der Waals surface area contributed by atoms with E-state index in [9.17, 15) is 36.9 Å². The number of nitrogens with zero attached hydrogens (tertiary/aromatic N) is 3. The molecule has 1 N–H and O–H groups in total. The average Bonchev–Trinajstić information content (AvgIpc) is 0.817. The van der Waals surface area contributed by atoms with E-state index in [0.717, 1.165) is 115 Å². The van der Waals surface area contributed by atoms with Crippen LogP contribution in [0.2, 0.25) is 0 Å². The molecule has 12 nitrogen and oxygen atoms in total. The summed E-state index contributed by atoms with van der Waals surface area (Å²) in [6.07, 6.45) is 16.2. The Labute approximate surface area is 887 Å². The zero-order valence-corrected chi connectivity index (χ0v) is 92.5. The number of carbonyl (C=O) groups is 5. The predicted octanol–water partition coefficient (Wildman–Crippen LogP) is 20.7. The number of halogens is 7. The van der Waals surface area contributed by atoms with Gasteiger partial charge in [0.15, 0.2) is 0 Å². The molecule has 0 aliphatic heterocycles. The number of ether oxygens (including phenoxy) is 3. The van der Waals surface area contributed by atoms with Gasteiger partial charge in [-0.2, -0.15) is 124 Å². The van der Waals surface area contributed by atoms with E-state index < -0.39 is 7.54 Å². The topological polar surface area (TPSA) is 143 Å². The van der Waals surface area contributed by atoms with Crippen LogP contribution in [0.1, 0.15) is 155 Å². The Morgan fingerprint density at radius 2 is 0.983 bits per heavy atom. The Balaban J connectivity index is -0.000000244. The predicted molar refractivity (Wildman–Crippen MR) is 444 cm³/mol. The van der Waals surface area contributed by atoms with Crippen molar-refractivity contribution in [3.63, 3.8) is 0 Å². The molecule has 0 fully saturated rings. The van der Waals surface area contributed by atoms with Crippen LogP contribution in [0.5, 0.6) is 0 Å². The van der Waals surface area contributed by atoms with Gasteiger partial charge < -0.3 is 50.2 Å². The van der Waals surface area contributed by atoms with E-state index in [1.54, 1.807) is 66.1 Å². The molecule has 2 aliphatic carbocycles. The summed E-state index contributed by atoms with van der Waals surface area (Å²) in [5, 5.41) is 7.76. The summed E-state index contributed by atoms with van der Waals surface area (Å²) in [6, 6.07) is 63.9. The molecule has 8 aromatic carbocycles. The number of fused-ring (bicyclic) bond motifs is 2. The quantitative estimate of drug-likeness (QED) is 0.0250. The molecule has 3 atom stereocenters. The third-order valence-corrected chi connectivity index (χ3v) is 16.1. The van der Waals surface area contributed by atoms with Crippen molar-refractivity contribution in [2.45, 2.75) is 112 Å². The van der Waals surface area contributed by atoms with Crippen molar-refractivity contribution in [3.05, 3.63) is 346 Å². The van der Waals surface area contributed by atoms with Gasteiger partial charge in [0.1, 0.15) is 19.8 Å². The number of aliphatic hydroxyl groups excluding tert-OH is 1. The van der Waals surface area contributed by atoms with E-state index in [4.69, 9.17) is 42.5 Å². The van der Waals surface area contributed by atoms with Crippen LogP contribution in [0.3, 0.4) is 0 Å². The van der Waals surface area contributed by atoms with Gasteiger partial charge >= 0.3 is 107 Å². The summed E-state index contributed by atoms with van der Waals surface area (Å²) in [4.78, 5) is 63.0. The molecular weight excluding hydrogens is 2090 g/mol. The van der Waals surface area contributed by atoms with Crippen molar-refractivity contribution in [2.75, 3.05) is 33.1 Å². The molecule has 3 amide bonds. The van der Waals surface area contributed by atoms with E-state index in [2.05, 4.69) is 137 Å². The minimum atomic E-state index is -3.67. The van der Waals surface area contributed by atoms with Crippen molar-refractivity contribution in [3.8, 4) is 0 Å². The van der Waals surface area contributed by atoms with Gasteiger partial charge in [-0.05, 0) is 49.3 Å². The SMILES string of the molecule is C=CCC(c1c[c-]c(C)cc1C=C)N(C)C(=O)OCc1ccccc1.C=C[CH2-].C=Cc1cc(C)[c-]cc1C=O.CCO.Cc1[c-]cc(C=O)c(Br)c1.Cc1[c-]cc2c(c1)C=CCC2N(C)C(=O)OCc1ccccc1.Cc1[c-]cc2c(c1)CCCC2N(C)C(=O)OCc1ccccc1.ClCCl.FB(F)F.[CH-]=C.[K+].[Y].[Y].[Y].[Y].[Y].[Zn+][Br]. The van der Waals surface area contributed by atoms with Crippen LogP contribution < -0.4 is 51.4 Å². The molecule has 0 saturated heterocycles. The van der Waals surface area contributed by atoms with Crippen LogP contribution in [0.4, 0.5) is 27.3 Å². The molecule has 10 rings (SSSR count). The van der Waals surface area contributed by atoms with Gasteiger partial charge in [0.2, 0.25) is 0 Å². The van der Waals surface area contributed by atoms with E-state index in [1.807, 2.05) is 162 Å². The molecule has 593 valence electrons. The van der Waals surface area contributed by atoms with Crippen LogP contribution in [0, 0.1) is 78.5 Å². The fourth-order valence-corrected chi connectivity index (χ4v) is 10.8. The first kappa shape index (κ1) is 127. The maximum absolute atomic E-state index is 12.5. The second kappa shape index (κ2) is 78.3. The molecule has 115 heavy (non-hydrogen) atoms. The van der Waals surface area contributed by atoms with Gasteiger partial charge in [-0.15, -0.1) is 76.3 Å². The molecule has 0 bridgehead atoms. The van der Waals surface area contributed by atoms with Crippen molar-refractivity contribution < 1.29 is 288 Å². The zero-order chi connectivity index (χ0) is 82.2. The number of aliphatic hydroxyl groups is 1. The summed E-state index contributed by atoms with van der Waals surface area (Å²) in [7, 11) is 1.70. The van der Waals surface area contributed by atoms with E-state index in [0.29, 0.717) is 30.8 Å². The van der Waals surface area contributed by atoms with Crippen molar-refractivity contribution in [2.24, 2.45) is 0 Å². The van der Waals surface area contributed by atoms with E-state index in [1.165, 1.54) is 33.5 Å². The number of amides is 3. The van der Waals surface area contributed by atoms with Crippen LogP contribution in [0.25, 0.3) is 18.2 Å². The number of hydrogen-bond donors (Lipinski definition) is 1. The summed E-state index contributed by atoms with van der Waals surface area (Å²) in [6.45, 7) is 37.5. The molecular formula is C88H97BBr2Cl2F3KN3O9Y5Zn-5. The summed E-state index contributed by atoms with van der Waals surface area (Å²) >= 11 is 17.0. The Bertz CT molecular complexity index is 4050. The molecule has 8 aromatic rings. The molecule has 0 heterocycles. The molecule has 2 aliphatic rings. The first-order chi connectivity index (χ1) is 52.3. The molecule has 0 saturated carbocycles. The number of carbonyl (C=O) groups excluding carboxylic acids is 5. The second-order valence-electron chi connectivity index (χ2n) is 23.2. The maximum atomic E-state index is 12.5. The number of allylic oxidation sites excluding steroid dienone is 1. The first-order valence-electron chi connectivity index (χ1n) is 34.1. The average molecular weight is 2190 g/mol. The van der Waals surface area contributed by atoms with Gasteiger partial charge in [-0.25, -0.2) is 34.0 Å². The van der Waals surface area contributed by atoms with E-state index in [-0.39, 0.29) is 270 Å². The summed E-state index contributed by atoms with van der Waals surface area (Å²) in [5.74, 6) is 0. The number of alkyl halides is 2. The number of hydrogen-bond acceptors (Lipinski definition) is 9. The molecule has 27 heteroatoms. The van der Waals surface area contributed by atoms with Crippen LogP contribution in [-0.2, 0) is 220 Å². The number of aldehydes is 2. The fourth-order valence-electron chi connectivity index (χ4n) is 10.3. The van der Waals surface area contributed by atoms with Crippen LogP contribution >= 0.6 is 52.8 Å². The van der Waals surface area contributed by atoms with Crippen LogP contribution in [-0.4, -0.2) is 91.3 Å². The first-order valence-corrected chi connectivity index (χ1v) is 42.9. The number of aryl methyl sites for hydroxylation is 6.